The quantitative estimate of drug-likeness (QED) is 0.619. The van der Waals surface area contributed by atoms with E-state index in [4.69, 9.17) is 0 Å². The van der Waals surface area contributed by atoms with Gasteiger partial charge in [0.25, 0.3) is 0 Å². The first-order valence-corrected chi connectivity index (χ1v) is 5.66. The Hall–Kier alpha value is -1.24. The summed E-state index contributed by atoms with van der Waals surface area (Å²) in [6, 6.07) is 2.53. The smallest absolute Gasteiger partial charge is 0.311 e. The first-order valence-electron chi connectivity index (χ1n) is 5.14. The number of alkyl halides is 3. The van der Waals surface area contributed by atoms with E-state index in [1.54, 1.807) is 0 Å². The zero-order chi connectivity index (χ0) is 13.5. The average Bonchev–Trinajstić information content (AvgIpc) is 2.57. The largest absolute Gasteiger partial charge is 0.419 e. The predicted octanol–water partition coefficient (Wildman–Crippen LogP) is 2.88. The Balaban J connectivity index is 2.39. The topological polar surface area (TPSA) is 20.3 Å². The van der Waals surface area contributed by atoms with Gasteiger partial charge in [0, 0.05) is 23.9 Å². The van der Waals surface area contributed by atoms with E-state index in [1.165, 1.54) is 4.90 Å². The standard InChI is InChI=1S/C11H9F4NOS/c12-9-2-1-6(3-8(9)11(13,14)15)16-5-7(18)4-10(16)17/h1-3,7,18H,4-5H2. The molecule has 1 aliphatic rings. The summed E-state index contributed by atoms with van der Waals surface area (Å²) in [5.41, 5.74) is -1.32. The minimum Gasteiger partial charge on any atom is -0.311 e. The van der Waals surface area contributed by atoms with Crippen LogP contribution in [0.25, 0.3) is 0 Å². The van der Waals surface area contributed by atoms with Gasteiger partial charge < -0.3 is 4.90 Å². The third-order valence-electron chi connectivity index (χ3n) is 2.67. The van der Waals surface area contributed by atoms with E-state index in [1.807, 2.05) is 0 Å². The maximum atomic E-state index is 13.1. The Morgan fingerprint density at radius 1 is 1.33 bits per heavy atom. The summed E-state index contributed by atoms with van der Waals surface area (Å²) in [6.45, 7) is 0.227. The normalized spacial score (nSPS) is 20.6. The van der Waals surface area contributed by atoms with Gasteiger partial charge in [-0.25, -0.2) is 4.39 Å². The number of benzene rings is 1. The maximum absolute atomic E-state index is 13.1. The van der Waals surface area contributed by atoms with Gasteiger partial charge in [0.05, 0.1) is 5.56 Å². The van der Waals surface area contributed by atoms with E-state index < -0.39 is 17.6 Å². The second kappa shape index (κ2) is 4.46. The fourth-order valence-electron chi connectivity index (χ4n) is 1.84. The highest BCUT2D eigenvalue weighted by Gasteiger charge is 2.36. The van der Waals surface area contributed by atoms with Crippen LogP contribution >= 0.6 is 12.6 Å². The molecule has 1 amide bonds. The summed E-state index contributed by atoms with van der Waals surface area (Å²) in [5, 5.41) is -0.211. The molecular weight excluding hydrogens is 270 g/mol. The molecule has 1 aromatic carbocycles. The summed E-state index contributed by atoms with van der Waals surface area (Å²) >= 11 is 4.11. The molecule has 1 aliphatic heterocycles. The van der Waals surface area contributed by atoms with Crippen molar-refractivity contribution < 1.29 is 22.4 Å². The molecular formula is C11H9F4NOS. The first-order chi connectivity index (χ1) is 8.29. The SMILES string of the molecule is O=C1CC(S)CN1c1ccc(F)c(C(F)(F)F)c1. The predicted molar refractivity (Wildman–Crippen MR) is 61.1 cm³/mol. The van der Waals surface area contributed by atoms with Crippen LogP contribution in [-0.4, -0.2) is 17.7 Å². The van der Waals surface area contributed by atoms with Crippen LogP contribution in [0.5, 0.6) is 0 Å². The molecule has 1 heterocycles. The number of amides is 1. The minimum atomic E-state index is -4.77. The van der Waals surface area contributed by atoms with Crippen LogP contribution in [0.4, 0.5) is 23.2 Å². The highest BCUT2D eigenvalue weighted by molar-refractivity contribution is 7.81. The van der Waals surface area contributed by atoms with E-state index >= 15 is 0 Å². The highest BCUT2D eigenvalue weighted by Crippen LogP contribution is 2.35. The van der Waals surface area contributed by atoms with Crippen LogP contribution in [0.1, 0.15) is 12.0 Å². The molecule has 7 heteroatoms. The van der Waals surface area contributed by atoms with Crippen molar-refractivity contribution in [1.82, 2.24) is 0 Å². The van der Waals surface area contributed by atoms with Gasteiger partial charge in [0.2, 0.25) is 5.91 Å². The molecule has 2 rings (SSSR count). The van der Waals surface area contributed by atoms with Gasteiger partial charge in [-0.3, -0.25) is 4.79 Å². The molecule has 0 spiro atoms. The third-order valence-corrected chi connectivity index (χ3v) is 3.02. The summed E-state index contributed by atoms with van der Waals surface area (Å²) < 4.78 is 50.7. The third kappa shape index (κ3) is 2.45. The molecule has 1 unspecified atom stereocenters. The number of halogens is 4. The molecule has 0 N–H and O–H groups in total. The van der Waals surface area contributed by atoms with Crippen molar-refractivity contribution in [2.75, 3.05) is 11.4 Å². The van der Waals surface area contributed by atoms with Crippen molar-refractivity contribution in [2.24, 2.45) is 0 Å². The lowest BCUT2D eigenvalue weighted by Crippen LogP contribution is -2.25. The number of thiol groups is 1. The molecule has 0 saturated carbocycles. The molecule has 1 aromatic rings. The van der Waals surface area contributed by atoms with E-state index in [-0.39, 0.29) is 29.8 Å². The number of carbonyl (C=O) groups excluding carboxylic acids is 1. The Labute approximate surface area is 106 Å². The number of hydrogen-bond acceptors (Lipinski definition) is 2. The van der Waals surface area contributed by atoms with Crippen molar-refractivity contribution in [2.45, 2.75) is 17.8 Å². The van der Waals surface area contributed by atoms with E-state index in [9.17, 15) is 22.4 Å². The van der Waals surface area contributed by atoms with E-state index in [2.05, 4.69) is 12.6 Å². The van der Waals surface area contributed by atoms with Crippen LogP contribution in [0, 0.1) is 5.82 Å². The van der Waals surface area contributed by atoms with Crippen LogP contribution in [0.2, 0.25) is 0 Å². The Kier molecular flexibility index (Phi) is 3.27. The summed E-state index contributed by atoms with van der Waals surface area (Å²) in [7, 11) is 0. The molecule has 1 fully saturated rings. The highest BCUT2D eigenvalue weighted by atomic mass is 32.1. The zero-order valence-electron chi connectivity index (χ0n) is 9.04. The molecule has 2 nitrogen and oxygen atoms in total. The Morgan fingerprint density at radius 3 is 2.50 bits per heavy atom. The second-order valence-electron chi connectivity index (χ2n) is 4.02. The molecule has 0 aliphatic carbocycles. The van der Waals surface area contributed by atoms with E-state index in [0.717, 1.165) is 12.1 Å². The van der Waals surface area contributed by atoms with Gasteiger partial charge in [0.15, 0.2) is 0 Å². The lowest BCUT2D eigenvalue weighted by molar-refractivity contribution is -0.140. The van der Waals surface area contributed by atoms with Crippen LogP contribution in [0.15, 0.2) is 18.2 Å². The summed E-state index contributed by atoms with van der Waals surface area (Å²) in [6.07, 6.45) is -4.61. The fourth-order valence-corrected chi connectivity index (χ4v) is 2.16. The number of carbonyl (C=O) groups is 1. The van der Waals surface area contributed by atoms with Crippen molar-refractivity contribution in [3.05, 3.63) is 29.6 Å². The lowest BCUT2D eigenvalue weighted by atomic mass is 10.1. The van der Waals surface area contributed by atoms with Crippen molar-refractivity contribution in [1.29, 1.82) is 0 Å². The Morgan fingerprint density at radius 2 is 2.00 bits per heavy atom. The van der Waals surface area contributed by atoms with Crippen LogP contribution in [-0.2, 0) is 11.0 Å². The van der Waals surface area contributed by atoms with Gasteiger partial charge in [-0.05, 0) is 18.2 Å². The molecule has 0 aromatic heterocycles. The molecule has 0 bridgehead atoms. The number of nitrogens with zero attached hydrogens (tertiary/aromatic N) is 1. The zero-order valence-corrected chi connectivity index (χ0v) is 9.93. The average molecular weight is 279 g/mol. The van der Waals surface area contributed by atoms with Gasteiger partial charge in [-0.1, -0.05) is 0 Å². The minimum absolute atomic E-state index is 0.0466. The van der Waals surface area contributed by atoms with Crippen LogP contribution < -0.4 is 4.90 Å². The van der Waals surface area contributed by atoms with Crippen molar-refractivity contribution >= 4 is 24.2 Å². The summed E-state index contributed by atoms with van der Waals surface area (Å²) in [4.78, 5) is 12.7. The molecule has 1 atom stereocenters. The van der Waals surface area contributed by atoms with Gasteiger partial charge in [0.1, 0.15) is 5.82 Å². The number of rotatable bonds is 1. The second-order valence-corrected chi connectivity index (χ2v) is 4.75. The molecule has 0 radical (unpaired) electrons. The van der Waals surface area contributed by atoms with Gasteiger partial charge >= 0.3 is 6.18 Å². The first kappa shape index (κ1) is 13.2. The molecule has 18 heavy (non-hydrogen) atoms. The van der Waals surface area contributed by atoms with Crippen molar-refractivity contribution in [3.8, 4) is 0 Å². The number of hydrogen-bond donors (Lipinski definition) is 1. The molecule has 98 valence electrons. The van der Waals surface area contributed by atoms with Gasteiger partial charge in [-0.15, -0.1) is 0 Å². The van der Waals surface area contributed by atoms with Crippen LogP contribution in [0.3, 0.4) is 0 Å². The maximum Gasteiger partial charge on any atom is 0.419 e. The van der Waals surface area contributed by atoms with E-state index in [0.29, 0.717) is 6.07 Å². The number of anilines is 1. The Bertz CT molecular complexity index is 488. The monoisotopic (exact) mass is 279 g/mol. The lowest BCUT2D eigenvalue weighted by Gasteiger charge is -2.18. The molecule has 1 saturated heterocycles. The van der Waals surface area contributed by atoms with Gasteiger partial charge in [-0.2, -0.15) is 25.8 Å². The summed E-state index contributed by atoms with van der Waals surface area (Å²) in [5.74, 6) is -1.66. The fraction of sp³-hybridized carbons (Fsp3) is 0.364. The van der Waals surface area contributed by atoms with Crippen molar-refractivity contribution in [3.63, 3.8) is 0 Å².